The van der Waals surface area contributed by atoms with E-state index in [1.807, 2.05) is 0 Å². The summed E-state index contributed by atoms with van der Waals surface area (Å²) < 4.78 is 61.4. The summed E-state index contributed by atoms with van der Waals surface area (Å²) in [5.74, 6) is -3.48. The molecule has 0 unspecified atom stereocenters. The Morgan fingerprint density at radius 1 is 0.800 bits per heavy atom. The molecule has 0 atom stereocenters. The van der Waals surface area contributed by atoms with Gasteiger partial charge in [-0.2, -0.15) is 16.8 Å². The summed E-state index contributed by atoms with van der Waals surface area (Å²) in [4.78, 5) is 22.4. The number of carbonyl (C=O) groups excluding carboxylic acids is 2. The van der Waals surface area contributed by atoms with Crippen LogP contribution in [-0.4, -0.2) is 52.7 Å². The zero-order valence-corrected chi connectivity index (χ0v) is 17.4. The monoisotopic (exact) mass is 455 g/mol. The smallest absolute Gasteiger partial charge is 0.339 e. The number of sulfonamides is 2. The van der Waals surface area contributed by atoms with Crippen LogP contribution in [0.4, 0.5) is 0 Å². The van der Waals surface area contributed by atoms with E-state index < -0.39 is 58.9 Å². The first-order chi connectivity index (χ1) is 14.0. The second kappa shape index (κ2) is 8.51. The molecule has 160 valence electrons. The lowest BCUT2D eigenvalue weighted by Crippen LogP contribution is -2.46. The fraction of sp³-hybridized carbons (Fsp3) is 0.118. The highest BCUT2D eigenvalue weighted by Gasteiger charge is 2.41. The highest BCUT2D eigenvalue weighted by molar-refractivity contribution is 8.05. The minimum Gasteiger partial charge on any atom is -0.465 e. The molecule has 2 aromatic carbocycles. The van der Waals surface area contributed by atoms with Crippen LogP contribution in [0.1, 0.15) is 20.7 Å². The van der Waals surface area contributed by atoms with E-state index in [0.717, 1.165) is 38.5 Å². The molecule has 0 aliphatic carbocycles. The van der Waals surface area contributed by atoms with E-state index in [9.17, 15) is 26.4 Å². The van der Waals surface area contributed by atoms with Gasteiger partial charge in [-0.1, -0.05) is 24.3 Å². The lowest BCUT2D eigenvalue weighted by atomic mass is 10.2. The fourth-order valence-corrected chi connectivity index (χ4v) is 6.26. The Labute approximate surface area is 172 Å². The number of guanidine groups is 1. The topological polar surface area (TPSA) is 174 Å². The Morgan fingerprint density at radius 2 is 1.13 bits per heavy atom. The van der Waals surface area contributed by atoms with Crippen molar-refractivity contribution in [3.05, 3.63) is 59.7 Å². The molecule has 0 heterocycles. The lowest BCUT2D eigenvalue weighted by Gasteiger charge is -2.23. The molecule has 0 aliphatic rings. The molecule has 30 heavy (non-hydrogen) atoms. The zero-order chi connectivity index (χ0) is 22.7. The van der Waals surface area contributed by atoms with Crippen LogP contribution in [0, 0.1) is 5.41 Å². The molecular formula is C17H17N3O8S2. The average molecular weight is 455 g/mol. The van der Waals surface area contributed by atoms with Crippen LogP contribution in [0.15, 0.2) is 58.3 Å². The first kappa shape index (κ1) is 22.8. The number of nitrogens with two attached hydrogens (primary N) is 1. The number of rotatable bonds is 6. The molecule has 0 bridgehead atoms. The summed E-state index contributed by atoms with van der Waals surface area (Å²) >= 11 is 0. The van der Waals surface area contributed by atoms with Gasteiger partial charge in [-0.3, -0.25) is 5.41 Å². The molecule has 0 spiro atoms. The number of nitrogens with one attached hydrogen (secondary N) is 1. The minimum absolute atomic E-state index is 0.371. The third-order valence-electron chi connectivity index (χ3n) is 3.77. The van der Waals surface area contributed by atoms with E-state index >= 15 is 0 Å². The third-order valence-corrected chi connectivity index (χ3v) is 8.04. The van der Waals surface area contributed by atoms with Gasteiger partial charge in [0, 0.05) is 0 Å². The molecule has 0 saturated heterocycles. The van der Waals surface area contributed by atoms with Gasteiger partial charge in [-0.25, -0.2) is 9.59 Å². The Hall–Kier alpha value is -3.45. The van der Waals surface area contributed by atoms with Crippen LogP contribution in [0.25, 0.3) is 0 Å². The van der Waals surface area contributed by atoms with Gasteiger partial charge in [0.05, 0.1) is 25.3 Å². The Bertz CT molecular complexity index is 1130. The van der Waals surface area contributed by atoms with Crippen LogP contribution in [0.2, 0.25) is 0 Å². The molecule has 0 fully saturated rings. The van der Waals surface area contributed by atoms with Crippen LogP contribution >= 0.6 is 0 Å². The number of ether oxygens (including phenoxy) is 2. The molecule has 0 aromatic heterocycles. The van der Waals surface area contributed by atoms with Crippen molar-refractivity contribution in [1.29, 1.82) is 5.41 Å². The highest BCUT2D eigenvalue weighted by Crippen LogP contribution is 2.28. The first-order valence-electron chi connectivity index (χ1n) is 7.99. The second-order valence-corrected chi connectivity index (χ2v) is 9.31. The van der Waals surface area contributed by atoms with Crippen molar-refractivity contribution in [2.75, 3.05) is 14.2 Å². The fourth-order valence-electron chi connectivity index (χ4n) is 2.51. The SMILES string of the molecule is COC(=O)c1ccccc1S(=O)(=O)N(C(=N)N)S(=O)(=O)c1ccccc1C(=O)OC. The molecule has 3 N–H and O–H groups in total. The van der Waals surface area contributed by atoms with Crippen LogP contribution in [0.3, 0.4) is 0 Å². The van der Waals surface area contributed by atoms with E-state index in [-0.39, 0.29) is 3.71 Å². The molecule has 0 amide bonds. The number of benzene rings is 2. The molecule has 11 nitrogen and oxygen atoms in total. The number of carbonyl (C=O) groups is 2. The van der Waals surface area contributed by atoms with Gasteiger partial charge in [0.2, 0.25) is 5.96 Å². The predicted molar refractivity (Wildman–Crippen MR) is 104 cm³/mol. The zero-order valence-electron chi connectivity index (χ0n) is 15.7. The number of hydrogen-bond donors (Lipinski definition) is 2. The maximum absolute atomic E-state index is 13.2. The van der Waals surface area contributed by atoms with Gasteiger partial charge >= 0.3 is 11.9 Å². The molecule has 0 saturated carbocycles. The number of nitrogens with zero attached hydrogens (tertiary/aromatic N) is 1. The highest BCUT2D eigenvalue weighted by atomic mass is 32.3. The summed E-state index contributed by atoms with van der Waals surface area (Å²) in [5, 5.41) is 7.62. The van der Waals surface area contributed by atoms with Crippen molar-refractivity contribution < 1.29 is 35.9 Å². The summed E-state index contributed by atoms with van der Waals surface area (Å²) in [5.41, 5.74) is 4.38. The maximum Gasteiger partial charge on any atom is 0.339 e. The predicted octanol–water partition coefficient (Wildman–Crippen LogP) is 0.533. The van der Waals surface area contributed by atoms with E-state index in [1.165, 1.54) is 24.3 Å². The van der Waals surface area contributed by atoms with Crippen LogP contribution in [-0.2, 0) is 29.5 Å². The second-order valence-electron chi connectivity index (χ2n) is 5.57. The molecule has 13 heteroatoms. The van der Waals surface area contributed by atoms with Crippen molar-refractivity contribution in [3.8, 4) is 0 Å². The summed E-state index contributed by atoms with van der Waals surface area (Å²) in [6, 6.07) is 9.28. The van der Waals surface area contributed by atoms with Crippen LogP contribution in [0.5, 0.6) is 0 Å². The number of methoxy groups -OCH3 is 2. The normalized spacial score (nSPS) is 11.4. The van der Waals surface area contributed by atoms with E-state index in [4.69, 9.17) is 11.1 Å². The van der Waals surface area contributed by atoms with Crippen molar-refractivity contribution >= 4 is 37.9 Å². The van der Waals surface area contributed by atoms with Gasteiger partial charge in [-0.05, 0) is 24.3 Å². The molecule has 0 aliphatic heterocycles. The summed E-state index contributed by atoms with van der Waals surface area (Å²) in [6.45, 7) is 0. The van der Waals surface area contributed by atoms with Crippen molar-refractivity contribution in [1.82, 2.24) is 3.71 Å². The third kappa shape index (κ3) is 3.97. The summed E-state index contributed by atoms with van der Waals surface area (Å²) in [7, 11) is -8.17. The van der Waals surface area contributed by atoms with Crippen molar-refractivity contribution in [2.24, 2.45) is 5.73 Å². The molecule has 2 aromatic rings. The summed E-state index contributed by atoms with van der Waals surface area (Å²) in [6.07, 6.45) is 0. The maximum atomic E-state index is 13.2. The van der Waals surface area contributed by atoms with Gasteiger partial charge < -0.3 is 15.2 Å². The Kier molecular flexibility index (Phi) is 6.47. The van der Waals surface area contributed by atoms with Crippen LogP contribution < -0.4 is 5.73 Å². The standard InChI is InChI=1S/C17H17N3O8S2/c1-27-15(21)11-7-3-5-9-13(11)29(23,24)20(17(18)19)30(25,26)14-10-6-4-8-12(14)16(22)28-2/h3-10H,1-2H3,(H3,18,19). The van der Waals surface area contributed by atoms with Gasteiger partial charge in [0.25, 0.3) is 20.0 Å². The van der Waals surface area contributed by atoms with E-state index in [2.05, 4.69) is 9.47 Å². The van der Waals surface area contributed by atoms with Crippen molar-refractivity contribution in [2.45, 2.75) is 9.79 Å². The largest absolute Gasteiger partial charge is 0.465 e. The molecule has 2 rings (SSSR count). The van der Waals surface area contributed by atoms with Gasteiger partial charge in [0.15, 0.2) is 0 Å². The van der Waals surface area contributed by atoms with E-state index in [0.29, 0.717) is 0 Å². The van der Waals surface area contributed by atoms with E-state index in [1.54, 1.807) is 0 Å². The number of hydrogen-bond acceptors (Lipinski definition) is 9. The number of esters is 2. The first-order valence-corrected chi connectivity index (χ1v) is 10.9. The Balaban J connectivity index is 2.80. The Morgan fingerprint density at radius 3 is 1.43 bits per heavy atom. The molecular weight excluding hydrogens is 438 g/mol. The molecule has 0 radical (unpaired) electrons. The quantitative estimate of drug-likeness (QED) is 0.358. The lowest BCUT2D eigenvalue weighted by molar-refractivity contribution is 0.0587. The van der Waals surface area contributed by atoms with Crippen molar-refractivity contribution in [3.63, 3.8) is 0 Å². The van der Waals surface area contributed by atoms with Gasteiger partial charge in [-0.15, -0.1) is 3.71 Å². The minimum atomic E-state index is -5.10. The average Bonchev–Trinajstić information content (AvgIpc) is 2.71. The van der Waals surface area contributed by atoms with Gasteiger partial charge in [0.1, 0.15) is 9.79 Å².